The van der Waals surface area contributed by atoms with E-state index < -0.39 is 5.82 Å². The molecule has 0 aliphatic rings. The molecule has 0 bridgehead atoms. The Morgan fingerprint density at radius 1 is 1.12 bits per heavy atom. The average Bonchev–Trinajstić information content (AvgIpc) is 2.83. The maximum atomic E-state index is 14.5. The second-order valence-corrected chi connectivity index (χ2v) is 7.96. The number of halogens is 2. The van der Waals surface area contributed by atoms with Gasteiger partial charge in [0, 0.05) is 30.2 Å². The molecule has 33 heavy (non-hydrogen) atoms. The van der Waals surface area contributed by atoms with Crippen LogP contribution in [0.3, 0.4) is 0 Å². The van der Waals surface area contributed by atoms with Gasteiger partial charge >= 0.3 is 0 Å². The summed E-state index contributed by atoms with van der Waals surface area (Å²) in [5.74, 6) is -0.581. The fraction of sp³-hybridized carbons (Fsp3) is 0.154. The van der Waals surface area contributed by atoms with E-state index in [2.05, 4.69) is 10.3 Å². The SMILES string of the molecule is CCC(=O)c1cnc2ccc(-c3cc(F)c(OC)c(Cl)c3)cc2c1Nc1ccc(CN)cc1. The number of methoxy groups -OCH3 is 1. The lowest BCUT2D eigenvalue weighted by Gasteiger charge is -2.15. The third-order valence-electron chi connectivity index (χ3n) is 5.48. The summed E-state index contributed by atoms with van der Waals surface area (Å²) >= 11 is 6.21. The van der Waals surface area contributed by atoms with Crippen molar-refractivity contribution in [2.24, 2.45) is 5.73 Å². The number of aromatic nitrogens is 1. The van der Waals surface area contributed by atoms with E-state index in [1.54, 1.807) is 12.3 Å². The van der Waals surface area contributed by atoms with Gasteiger partial charge in [0.15, 0.2) is 17.3 Å². The summed E-state index contributed by atoms with van der Waals surface area (Å²) in [6.45, 7) is 2.26. The molecule has 0 aliphatic heterocycles. The van der Waals surface area contributed by atoms with Crippen LogP contribution in [0.1, 0.15) is 29.3 Å². The normalized spacial score (nSPS) is 10.9. The highest BCUT2D eigenvalue weighted by molar-refractivity contribution is 6.32. The molecule has 168 valence electrons. The fourth-order valence-electron chi connectivity index (χ4n) is 3.70. The Morgan fingerprint density at radius 2 is 1.88 bits per heavy atom. The lowest BCUT2D eigenvalue weighted by atomic mass is 9.99. The predicted octanol–water partition coefficient (Wildman–Crippen LogP) is 6.50. The Labute approximate surface area is 196 Å². The monoisotopic (exact) mass is 463 g/mol. The lowest BCUT2D eigenvalue weighted by molar-refractivity contribution is 0.0989. The molecule has 1 heterocycles. The quantitative estimate of drug-likeness (QED) is 0.306. The van der Waals surface area contributed by atoms with Crippen molar-refractivity contribution in [3.8, 4) is 16.9 Å². The molecule has 0 saturated heterocycles. The number of nitrogens with zero attached hydrogens (tertiary/aromatic N) is 1. The number of carbonyl (C=O) groups excluding carboxylic acids is 1. The molecule has 4 rings (SSSR count). The summed E-state index contributed by atoms with van der Waals surface area (Å²) < 4.78 is 19.5. The van der Waals surface area contributed by atoms with Gasteiger partial charge < -0.3 is 15.8 Å². The van der Waals surface area contributed by atoms with E-state index in [0.29, 0.717) is 35.3 Å². The first-order chi connectivity index (χ1) is 15.9. The van der Waals surface area contributed by atoms with Crippen molar-refractivity contribution in [2.75, 3.05) is 12.4 Å². The topological polar surface area (TPSA) is 77.2 Å². The van der Waals surface area contributed by atoms with E-state index in [0.717, 1.165) is 22.2 Å². The van der Waals surface area contributed by atoms with Gasteiger partial charge in [-0.15, -0.1) is 0 Å². The number of carbonyl (C=O) groups is 1. The molecule has 3 aromatic carbocycles. The molecule has 0 radical (unpaired) electrons. The molecular weight excluding hydrogens is 441 g/mol. The van der Waals surface area contributed by atoms with Gasteiger partial charge in [-0.1, -0.05) is 36.7 Å². The van der Waals surface area contributed by atoms with Crippen molar-refractivity contribution in [2.45, 2.75) is 19.9 Å². The number of anilines is 2. The van der Waals surface area contributed by atoms with Gasteiger partial charge in [-0.2, -0.15) is 0 Å². The number of nitrogens with two attached hydrogens (primary N) is 1. The smallest absolute Gasteiger partial charge is 0.173 e. The Morgan fingerprint density at radius 3 is 2.52 bits per heavy atom. The molecule has 0 atom stereocenters. The molecule has 0 unspecified atom stereocenters. The van der Waals surface area contributed by atoms with Crippen molar-refractivity contribution in [1.82, 2.24) is 4.98 Å². The highest BCUT2D eigenvalue weighted by Gasteiger charge is 2.17. The Hall–Kier alpha value is -3.48. The highest BCUT2D eigenvalue weighted by Crippen LogP contribution is 2.36. The minimum Gasteiger partial charge on any atom is -0.492 e. The Kier molecular flexibility index (Phi) is 6.58. The van der Waals surface area contributed by atoms with Crippen LogP contribution in [0.5, 0.6) is 5.75 Å². The van der Waals surface area contributed by atoms with Crippen LogP contribution in [0, 0.1) is 5.82 Å². The number of nitrogens with one attached hydrogen (secondary N) is 1. The van der Waals surface area contributed by atoms with Gasteiger partial charge in [-0.3, -0.25) is 9.78 Å². The first-order valence-corrected chi connectivity index (χ1v) is 10.9. The average molecular weight is 464 g/mol. The number of rotatable bonds is 7. The van der Waals surface area contributed by atoms with Crippen molar-refractivity contribution in [3.63, 3.8) is 0 Å². The zero-order valence-corrected chi connectivity index (χ0v) is 19.0. The molecule has 7 heteroatoms. The number of hydrogen-bond donors (Lipinski definition) is 2. The summed E-state index contributed by atoms with van der Waals surface area (Å²) in [5.41, 5.74) is 10.7. The summed E-state index contributed by atoms with van der Waals surface area (Å²) in [5, 5.41) is 4.30. The number of pyridine rings is 1. The van der Waals surface area contributed by atoms with E-state index in [9.17, 15) is 9.18 Å². The van der Waals surface area contributed by atoms with Crippen molar-refractivity contribution >= 4 is 39.7 Å². The van der Waals surface area contributed by atoms with Crippen molar-refractivity contribution < 1.29 is 13.9 Å². The van der Waals surface area contributed by atoms with Gasteiger partial charge in [0.25, 0.3) is 0 Å². The van der Waals surface area contributed by atoms with Crippen LogP contribution in [0.2, 0.25) is 5.02 Å². The predicted molar refractivity (Wildman–Crippen MR) is 131 cm³/mol. The van der Waals surface area contributed by atoms with E-state index in [-0.39, 0.29) is 16.6 Å². The number of ketones is 1. The van der Waals surface area contributed by atoms with Crippen molar-refractivity contribution in [3.05, 3.63) is 82.8 Å². The van der Waals surface area contributed by atoms with Crippen LogP contribution in [-0.2, 0) is 6.54 Å². The maximum Gasteiger partial charge on any atom is 0.173 e. The highest BCUT2D eigenvalue weighted by atomic mass is 35.5. The van der Waals surface area contributed by atoms with E-state index >= 15 is 0 Å². The maximum absolute atomic E-state index is 14.5. The molecule has 0 saturated carbocycles. The number of fused-ring (bicyclic) bond motifs is 1. The molecule has 5 nitrogen and oxygen atoms in total. The number of benzene rings is 3. The third-order valence-corrected chi connectivity index (χ3v) is 5.76. The minimum absolute atomic E-state index is 0.00184. The van der Waals surface area contributed by atoms with Crippen LogP contribution in [-0.4, -0.2) is 17.9 Å². The molecule has 3 N–H and O–H groups in total. The minimum atomic E-state index is -0.550. The van der Waals surface area contributed by atoms with Gasteiger partial charge in [-0.05, 0) is 53.1 Å². The second kappa shape index (κ2) is 9.57. The molecule has 0 amide bonds. The summed E-state index contributed by atoms with van der Waals surface area (Å²) in [6, 6.07) is 16.3. The van der Waals surface area contributed by atoms with Crippen LogP contribution in [0.15, 0.2) is 60.8 Å². The molecular formula is C26H23ClFN3O2. The first kappa shape index (κ1) is 22.7. The van der Waals surface area contributed by atoms with E-state index in [1.165, 1.54) is 13.2 Å². The van der Waals surface area contributed by atoms with Crippen molar-refractivity contribution in [1.29, 1.82) is 0 Å². The largest absolute Gasteiger partial charge is 0.492 e. The summed E-state index contributed by atoms with van der Waals surface area (Å²) in [4.78, 5) is 17.2. The summed E-state index contributed by atoms with van der Waals surface area (Å²) in [6.07, 6.45) is 1.93. The molecule has 4 aromatic rings. The molecule has 0 fully saturated rings. The fourth-order valence-corrected chi connectivity index (χ4v) is 3.98. The van der Waals surface area contributed by atoms with Crippen LogP contribution in [0.25, 0.3) is 22.0 Å². The molecule has 0 aliphatic carbocycles. The van der Waals surface area contributed by atoms with Gasteiger partial charge in [0.05, 0.1) is 28.9 Å². The molecule has 0 spiro atoms. The zero-order chi connectivity index (χ0) is 23.5. The second-order valence-electron chi connectivity index (χ2n) is 7.55. The van der Waals surface area contributed by atoms with Crippen LogP contribution in [0.4, 0.5) is 15.8 Å². The van der Waals surface area contributed by atoms with Crippen LogP contribution < -0.4 is 15.8 Å². The van der Waals surface area contributed by atoms with E-state index in [1.807, 2.05) is 49.4 Å². The standard InChI is InChI=1S/C26H23ClFN3O2/c1-3-24(32)20-14-30-23-9-6-16(17-11-21(27)26(33-2)22(28)12-17)10-19(23)25(20)31-18-7-4-15(13-29)5-8-18/h4-12,14H,3,13,29H2,1-2H3,(H,30,31). The third kappa shape index (κ3) is 4.53. The Bertz CT molecular complexity index is 1320. The number of Topliss-reactive ketones (excluding diaryl/α,β-unsaturated/α-hetero) is 1. The first-order valence-electron chi connectivity index (χ1n) is 10.5. The van der Waals surface area contributed by atoms with Crippen LogP contribution >= 0.6 is 11.6 Å². The van der Waals surface area contributed by atoms with E-state index in [4.69, 9.17) is 22.1 Å². The Balaban J connectivity index is 1.88. The summed E-state index contributed by atoms with van der Waals surface area (Å²) in [7, 11) is 1.37. The van der Waals surface area contributed by atoms with Gasteiger partial charge in [0.1, 0.15) is 0 Å². The van der Waals surface area contributed by atoms with Gasteiger partial charge in [0.2, 0.25) is 0 Å². The number of ether oxygens (including phenoxy) is 1. The molecule has 1 aromatic heterocycles. The zero-order valence-electron chi connectivity index (χ0n) is 18.3. The number of hydrogen-bond acceptors (Lipinski definition) is 5. The van der Waals surface area contributed by atoms with Gasteiger partial charge in [-0.25, -0.2) is 4.39 Å². The lowest BCUT2D eigenvalue weighted by Crippen LogP contribution is -2.05.